The molecule has 0 aliphatic carbocycles. The highest BCUT2D eigenvalue weighted by molar-refractivity contribution is 6.44. The molecule has 0 spiro atoms. The highest BCUT2D eigenvalue weighted by atomic mass is 35.5. The summed E-state index contributed by atoms with van der Waals surface area (Å²) in [6, 6.07) is 6.35. The van der Waals surface area contributed by atoms with Gasteiger partial charge in [-0.25, -0.2) is 0 Å². The van der Waals surface area contributed by atoms with Gasteiger partial charge >= 0.3 is 11.4 Å². The minimum Gasteiger partial charge on any atom is -0.258 e. The van der Waals surface area contributed by atoms with Gasteiger partial charge < -0.3 is 0 Å². The Morgan fingerprint density at radius 2 is 1.16 bits per heavy atom. The third-order valence-electron chi connectivity index (χ3n) is 2.55. The molecule has 0 saturated heterocycles. The van der Waals surface area contributed by atoms with Crippen molar-refractivity contribution in [3.63, 3.8) is 0 Å². The second-order valence-electron chi connectivity index (χ2n) is 4.07. The SMILES string of the molecule is O=[N+]([O-])c1ccc(Cl)c(Cl)c1[N+](=O)[O-].O=[N+]([O-])c1cccc(Cl)c1Cl. The Labute approximate surface area is 159 Å². The normalized spacial score (nSPS) is 9.76. The van der Waals surface area contributed by atoms with E-state index in [1.165, 1.54) is 18.2 Å². The van der Waals surface area contributed by atoms with Gasteiger partial charge in [0.25, 0.3) is 5.69 Å². The van der Waals surface area contributed by atoms with Gasteiger partial charge in [0.2, 0.25) is 0 Å². The fraction of sp³-hybridized carbons (Fsp3) is 0. The van der Waals surface area contributed by atoms with Crippen LogP contribution in [0.5, 0.6) is 0 Å². The van der Waals surface area contributed by atoms with E-state index in [1.807, 2.05) is 0 Å². The van der Waals surface area contributed by atoms with Crippen LogP contribution in [-0.4, -0.2) is 14.8 Å². The molecule has 9 nitrogen and oxygen atoms in total. The Morgan fingerprint density at radius 1 is 0.640 bits per heavy atom. The molecule has 0 aliphatic rings. The van der Waals surface area contributed by atoms with E-state index in [4.69, 9.17) is 46.4 Å². The summed E-state index contributed by atoms with van der Waals surface area (Å²) in [7, 11) is 0. The smallest absolute Gasteiger partial charge is 0.258 e. The van der Waals surface area contributed by atoms with Crippen LogP contribution in [0.25, 0.3) is 0 Å². The molecule has 132 valence electrons. The van der Waals surface area contributed by atoms with Gasteiger partial charge in [-0.1, -0.05) is 52.5 Å². The lowest BCUT2D eigenvalue weighted by atomic mass is 10.3. The molecule has 13 heteroatoms. The van der Waals surface area contributed by atoms with E-state index in [0.29, 0.717) is 0 Å². The number of nitro benzene ring substituents is 3. The zero-order valence-corrected chi connectivity index (χ0v) is 14.7. The standard InChI is InChI=1S/C6H2Cl2N2O4.C6H3Cl2NO2/c7-3-1-2-4(9(11)12)6(5(3)8)10(13)14;7-4-2-1-3-5(6(4)8)9(10)11/h1-2H;1-3H. The molecule has 0 aliphatic heterocycles. The van der Waals surface area contributed by atoms with Crippen LogP contribution in [0.1, 0.15) is 0 Å². The average Bonchev–Trinajstić information content (AvgIpc) is 2.52. The highest BCUT2D eigenvalue weighted by Crippen LogP contribution is 2.38. The Hall–Kier alpha value is -2.20. The van der Waals surface area contributed by atoms with Gasteiger partial charge in [-0.05, 0) is 12.1 Å². The number of halogens is 4. The predicted octanol–water partition coefficient (Wildman–Crippen LogP) is 5.71. The van der Waals surface area contributed by atoms with Gasteiger partial charge in [0.1, 0.15) is 10.0 Å². The third kappa shape index (κ3) is 5.13. The van der Waals surface area contributed by atoms with Crippen molar-refractivity contribution >= 4 is 63.5 Å². The maximum atomic E-state index is 10.5. The molecule has 0 unspecified atom stereocenters. The second-order valence-corrected chi connectivity index (χ2v) is 5.64. The summed E-state index contributed by atoms with van der Waals surface area (Å²) >= 11 is 22.0. The van der Waals surface area contributed by atoms with Crippen LogP contribution in [0.4, 0.5) is 17.1 Å². The van der Waals surface area contributed by atoms with Gasteiger partial charge in [-0.15, -0.1) is 0 Å². The Morgan fingerprint density at radius 3 is 1.60 bits per heavy atom. The van der Waals surface area contributed by atoms with Crippen LogP contribution in [0.15, 0.2) is 30.3 Å². The van der Waals surface area contributed by atoms with Crippen LogP contribution < -0.4 is 0 Å². The first-order valence-corrected chi connectivity index (χ1v) is 7.44. The molecule has 0 bridgehead atoms. The Balaban J connectivity index is 0.000000257. The third-order valence-corrected chi connectivity index (χ3v) is 4.16. The fourth-order valence-corrected chi connectivity index (χ4v) is 2.23. The molecule has 0 radical (unpaired) electrons. The number of nitrogens with zero attached hydrogens (tertiary/aromatic N) is 3. The van der Waals surface area contributed by atoms with Crippen molar-refractivity contribution in [3.8, 4) is 0 Å². The quantitative estimate of drug-likeness (QED) is 0.454. The number of benzene rings is 2. The van der Waals surface area contributed by atoms with Gasteiger partial charge in [-0.2, -0.15) is 0 Å². The zero-order valence-electron chi connectivity index (χ0n) is 11.7. The molecule has 0 heterocycles. The van der Waals surface area contributed by atoms with Crippen LogP contribution in [-0.2, 0) is 0 Å². The fourth-order valence-electron chi connectivity index (χ4n) is 1.48. The Kier molecular flexibility index (Phi) is 7.31. The second kappa shape index (κ2) is 8.77. The lowest BCUT2D eigenvalue weighted by Gasteiger charge is -1.98. The molecule has 0 fully saturated rings. The van der Waals surface area contributed by atoms with Crippen LogP contribution in [0, 0.1) is 30.3 Å². The van der Waals surface area contributed by atoms with Crippen molar-refractivity contribution in [2.24, 2.45) is 0 Å². The van der Waals surface area contributed by atoms with Crippen molar-refractivity contribution < 1.29 is 14.8 Å². The zero-order chi connectivity index (χ0) is 19.3. The maximum absolute atomic E-state index is 10.5. The number of nitro groups is 3. The van der Waals surface area contributed by atoms with Gasteiger partial charge in [0.15, 0.2) is 0 Å². The summed E-state index contributed by atoms with van der Waals surface area (Å²) in [5.74, 6) is 0. The number of hydrogen-bond acceptors (Lipinski definition) is 6. The van der Waals surface area contributed by atoms with Gasteiger partial charge in [0, 0.05) is 12.1 Å². The van der Waals surface area contributed by atoms with Crippen molar-refractivity contribution in [3.05, 3.63) is 80.8 Å². The molecule has 2 aromatic rings. The molecule has 2 aromatic carbocycles. The highest BCUT2D eigenvalue weighted by Gasteiger charge is 2.29. The largest absolute Gasteiger partial charge is 0.365 e. The number of rotatable bonds is 3. The maximum Gasteiger partial charge on any atom is 0.365 e. The van der Waals surface area contributed by atoms with Crippen molar-refractivity contribution in [2.45, 2.75) is 0 Å². The van der Waals surface area contributed by atoms with E-state index in [0.717, 1.165) is 12.1 Å². The lowest BCUT2D eigenvalue weighted by Crippen LogP contribution is -1.97. The van der Waals surface area contributed by atoms with Crippen molar-refractivity contribution in [1.82, 2.24) is 0 Å². The molecular formula is C12H5Cl4N3O6. The predicted molar refractivity (Wildman–Crippen MR) is 92.9 cm³/mol. The Bertz CT molecular complexity index is 861. The molecule has 2 rings (SSSR count). The minimum absolute atomic E-state index is 0.0147. The number of hydrogen-bond donors (Lipinski definition) is 0. The van der Waals surface area contributed by atoms with Gasteiger partial charge in [0.05, 0.1) is 24.8 Å². The van der Waals surface area contributed by atoms with E-state index in [2.05, 4.69) is 0 Å². The van der Waals surface area contributed by atoms with E-state index < -0.39 is 31.2 Å². The van der Waals surface area contributed by atoms with E-state index >= 15 is 0 Å². The van der Waals surface area contributed by atoms with Gasteiger partial charge in [-0.3, -0.25) is 30.3 Å². The summed E-state index contributed by atoms with van der Waals surface area (Å²) in [5, 5.41) is 30.7. The summed E-state index contributed by atoms with van der Waals surface area (Å²) in [4.78, 5) is 28.7. The first-order chi connectivity index (χ1) is 11.6. The van der Waals surface area contributed by atoms with Crippen molar-refractivity contribution in [2.75, 3.05) is 0 Å². The molecule has 0 atom stereocenters. The first kappa shape index (κ1) is 20.8. The molecule has 0 saturated carbocycles. The summed E-state index contributed by atoms with van der Waals surface area (Å²) in [5.41, 5.74) is -1.63. The monoisotopic (exact) mass is 427 g/mol. The summed E-state index contributed by atoms with van der Waals surface area (Å²) < 4.78 is 0. The topological polar surface area (TPSA) is 129 Å². The van der Waals surface area contributed by atoms with E-state index in [1.54, 1.807) is 0 Å². The first-order valence-electron chi connectivity index (χ1n) is 5.93. The molecule has 0 aromatic heterocycles. The molecule has 0 amide bonds. The van der Waals surface area contributed by atoms with Crippen LogP contribution in [0.2, 0.25) is 20.1 Å². The average molecular weight is 429 g/mol. The molecule has 0 N–H and O–H groups in total. The lowest BCUT2D eigenvalue weighted by molar-refractivity contribution is -0.422. The van der Waals surface area contributed by atoms with Crippen LogP contribution >= 0.6 is 46.4 Å². The molecular weight excluding hydrogens is 424 g/mol. The minimum atomic E-state index is -0.938. The van der Waals surface area contributed by atoms with E-state index in [9.17, 15) is 30.3 Å². The molecule has 25 heavy (non-hydrogen) atoms. The van der Waals surface area contributed by atoms with Crippen molar-refractivity contribution in [1.29, 1.82) is 0 Å². The van der Waals surface area contributed by atoms with E-state index in [-0.39, 0.29) is 20.8 Å². The summed E-state index contributed by atoms with van der Waals surface area (Å²) in [6.45, 7) is 0. The van der Waals surface area contributed by atoms with Crippen LogP contribution in [0.3, 0.4) is 0 Å². The summed E-state index contributed by atoms with van der Waals surface area (Å²) in [6.07, 6.45) is 0.